The van der Waals surface area contributed by atoms with Crippen molar-refractivity contribution in [1.29, 1.82) is 0 Å². The molecule has 1 aromatic heterocycles. The van der Waals surface area contributed by atoms with E-state index in [4.69, 9.17) is 9.47 Å². The minimum atomic E-state index is -0.480. The zero-order valence-corrected chi connectivity index (χ0v) is 15.4. The van der Waals surface area contributed by atoms with Gasteiger partial charge >= 0.3 is 5.97 Å². The summed E-state index contributed by atoms with van der Waals surface area (Å²) in [5.74, 6) is 0.334. The van der Waals surface area contributed by atoms with Gasteiger partial charge in [-0.25, -0.2) is 9.78 Å². The van der Waals surface area contributed by atoms with Crippen LogP contribution in [-0.4, -0.2) is 28.8 Å². The minimum Gasteiger partial charge on any atom is -0.490 e. The summed E-state index contributed by atoms with van der Waals surface area (Å²) in [6, 6.07) is 5.73. The van der Waals surface area contributed by atoms with Crippen LogP contribution in [0.4, 0.5) is 0 Å². The van der Waals surface area contributed by atoms with Crippen LogP contribution in [0.3, 0.4) is 0 Å². The van der Waals surface area contributed by atoms with Crippen LogP contribution in [-0.2, 0) is 11.3 Å². The van der Waals surface area contributed by atoms with Crippen molar-refractivity contribution >= 4 is 16.7 Å². The van der Waals surface area contributed by atoms with Gasteiger partial charge in [-0.15, -0.1) is 0 Å². The van der Waals surface area contributed by atoms with E-state index in [0.717, 1.165) is 42.2 Å². The molecule has 5 heteroatoms. The zero-order valence-electron chi connectivity index (χ0n) is 15.4. The number of benzene rings is 1. The number of ether oxygens (including phenoxy) is 2. The van der Waals surface area contributed by atoms with E-state index in [1.165, 1.54) is 19.3 Å². The Labute approximate surface area is 154 Å². The lowest BCUT2D eigenvalue weighted by molar-refractivity contribution is 0.0489. The van der Waals surface area contributed by atoms with Crippen LogP contribution >= 0.6 is 0 Å². The van der Waals surface area contributed by atoms with Gasteiger partial charge in [0.2, 0.25) is 0 Å². The standard InChI is InChI=1S/C21H27NO4/c1-2-3-11-25-21(24)20-19(14-23)18-10-9-17(12-15(18)13-22-20)26-16-7-5-4-6-8-16/h9-10,12-13,16,23H,2-8,11,14H2,1H3. The van der Waals surface area contributed by atoms with Crippen LogP contribution in [0.2, 0.25) is 0 Å². The molecule has 0 radical (unpaired) electrons. The molecular weight excluding hydrogens is 330 g/mol. The summed E-state index contributed by atoms with van der Waals surface area (Å²) in [4.78, 5) is 16.5. The van der Waals surface area contributed by atoms with Crippen LogP contribution in [0.5, 0.6) is 5.75 Å². The van der Waals surface area contributed by atoms with Crippen LogP contribution in [0, 0.1) is 0 Å². The van der Waals surface area contributed by atoms with Crippen LogP contribution < -0.4 is 4.74 Å². The predicted molar refractivity (Wildman–Crippen MR) is 100 cm³/mol. The molecule has 1 N–H and O–H groups in total. The normalized spacial score (nSPS) is 15.2. The van der Waals surface area contributed by atoms with Gasteiger partial charge in [-0.3, -0.25) is 0 Å². The molecule has 3 rings (SSSR count). The number of fused-ring (bicyclic) bond motifs is 1. The molecule has 0 amide bonds. The molecule has 1 fully saturated rings. The summed E-state index contributed by atoms with van der Waals surface area (Å²) in [6.07, 6.45) is 9.62. The summed E-state index contributed by atoms with van der Waals surface area (Å²) in [5, 5.41) is 11.4. The number of pyridine rings is 1. The van der Waals surface area contributed by atoms with Crippen molar-refractivity contribution in [2.75, 3.05) is 6.61 Å². The monoisotopic (exact) mass is 357 g/mol. The van der Waals surface area contributed by atoms with Gasteiger partial charge in [0.25, 0.3) is 0 Å². The van der Waals surface area contributed by atoms with E-state index >= 15 is 0 Å². The fourth-order valence-corrected chi connectivity index (χ4v) is 3.42. The Morgan fingerprint density at radius 3 is 2.81 bits per heavy atom. The zero-order chi connectivity index (χ0) is 18.4. The van der Waals surface area contributed by atoms with Crippen molar-refractivity contribution in [2.45, 2.75) is 64.6 Å². The molecule has 0 atom stereocenters. The molecule has 0 unspecified atom stereocenters. The summed E-state index contributed by atoms with van der Waals surface area (Å²) < 4.78 is 11.3. The molecule has 0 aliphatic heterocycles. The predicted octanol–water partition coefficient (Wildman–Crippen LogP) is 4.40. The van der Waals surface area contributed by atoms with Crippen molar-refractivity contribution in [3.05, 3.63) is 35.7 Å². The van der Waals surface area contributed by atoms with E-state index in [2.05, 4.69) is 4.98 Å². The highest BCUT2D eigenvalue weighted by atomic mass is 16.5. The minimum absolute atomic E-state index is 0.192. The Morgan fingerprint density at radius 1 is 1.27 bits per heavy atom. The van der Waals surface area contributed by atoms with Crippen molar-refractivity contribution < 1.29 is 19.4 Å². The highest BCUT2D eigenvalue weighted by Crippen LogP contribution is 2.28. The summed E-state index contributed by atoms with van der Waals surface area (Å²) in [5.41, 5.74) is 0.699. The number of hydrogen-bond acceptors (Lipinski definition) is 5. The first-order chi connectivity index (χ1) is 12.7. The Bertz CT molecular complexity index is 753. The molecule has 0 spiro atoms. The molecule has 2 aromatic rings. The summed E-state index contributed by atoms with van der Waals surface area (Å²) >= 11 is 0. The van der Waals surface area contributed by atoms with Crippen molar-refractivity contribution in [2.24, 2.45) is 0 Å². The number of hydrogen-bond donors (Lipinski definition) is 1. The number of unbranched alkanes of at least 4 members (excludes halogenated alkanes) is 1. The van der Waals surface area contributed by atoms with Crippen LogP contribution in [0.1, 0.15) is 67.9 Å². The van der Waals surface area contributed by atoms with Crippen molar-refractivity contribution in [1.82, 2.24) is 4.98 Å². The molecule has 1 heterocycles. The number of rotatable bonds is 7. The van der Waals surface area contributed by atoms with Gasteiger partial charge in [-0.1, -0.05) is 25.8 Å². The molecule has 5 nitrogen and oxygen atoms in total. The molecule has 1 saturated carbocycles. The third kappa shape index (κ3) is 4.33. The van der Waals surface area contributed by atoms with Crippen LogP contribution in [0.15, 0.2) is 24.4 Å². The van der Waals surface area contributed by atoms with Gasteiger partial charge in [0.1, 0.15) is 5.75 Å². The van der Waals surface area contributed by atoms with Gasteiger partial charge in [-0.05, 0) is 49.6 Å². The van der Waals surface area contributed by atoms with E-state index < -0.39 is 5.97 Å². The number of nitrogens with zero attached hydrogens (tertiary/aromatic N) is 1. The molecule has 1 aliphatic rings. The maximum atomic E-state index is 12.3. The van der Waals surface area contributed by atoms with Crippen molar-refractivity contribution in [3.63, 3.8) is 0 Å². The third-order valence-corrected chi connectivity index (χ3v) is 4.90. The van der Waals surface area contributed by atoms with Crippen molar-refractivity contribution in [3.8, 4) is 5.75 Å². The first kappa shape index (κ1) is 18.6. The Hall–Kier alpha value is -2.14. The van der Waals surface area contributed by atoms with Gasteiger partial charge in [0.05, 0.1) is 19.3 Å². The largest absolute Gasteiger partial charge is 0.490 e. The smallest absolute Gasteiger partial charge is 0.357 e. The maximum absolute atomic E-state index is 12.3. The van der Waals surface area contributed by atoms with E-state index in [-0.39, 0.29) is 18.4 Å². The van der Waals surface area contributed by atoms with Gasteiger partial charge in [0.15, 0.2) is 5.69 Å². The molecule has 1 aromatic carbocycles. The first-order valence-electron chi connectivity index (χ1n) is 9.59. The number of aromatic nitrogens is 1. The topological polar surface area (TPSA) is 68.7 Å². The summed E-state index contributed by atoms with van der Waals surface area (Å²) in [7, 11) is 0. The molecule has 140 valence electrons. The van der Waals surface area contributed by atoms with Gasteiger partial charge in [0, 0.05) is 17.1 Å². The lowest BCUT2D eigenvalue weighted by Crippen LogP contribution is -2.19. The maximum Gasteiger partial charge on any atom is 0.357 e. The first-order valence-corrected chi connectivity index (χ1v) is 9.59. The molecule has 0 bridgehead atoms. The van der Waals surface area contributed by atoms with Crippen LogP contribution in [0.25, 0.3) is 10.8 Å². The third-order valence-electron chi connectivity index (χ3n) is 4.90. The number of aliphatic hydroxyl groups is 1. The molecule has 1 aliphatic carbocycles. The molecular formula is C21H27NO4. The lowest BCUT2D eigenvalue weighted by Gasteiger charge is -2.23. The fourth-order valence-electron chi connectivity index (χ4n) is 3.42. The highest BCUT2D eigenvalue weighted by Gasteiger charge is 2.18. The average Bonchev–Trinajstić information content (AvgIpc) is 2.67. The highest BCUT2D eigenvalue weighted by molar-refractivity contribution is 5.96. The van der Waals surface area contributed by atoms with E-state index in [1.54, 1.807) is 6.20 Å². The van der Waals surface area contributed by atoms with E-state index in [1.807, 2.05) is 25.1 Å². The van der Waals surface area contributed by atoms with Gasteiger partial charge < -0.3 is 14.6 Å². The molecule has 0 saturated heterocycles. The second-order valence-electron chi connectivity index (χ2n) is 6.86. The number of carbonyl (C=O) groups excluding carboxylic acids is 1. The Balaban J connectivity index is 1.82. The Morgan fingerprint density at radius 2 is 2.08 bits per heavy atom. The number of carbonyl (C=O) groups is 1. The fraction of sp³-hybridized carbons (Fsp3) is 0.524. The quantitative estimate of drug-likeness (QED) is 0.588. The summed E-state index contributed by atoms with van der Waals surface area (Å²) in [6.45, 7) is 2.15. The second kappa shape index (κ2) is 8.99. The van der Waals surface area contributed by atoms with E-state index in [0.29, 0.717) is 12.2 Å². The Kier molecular flexibility index (Phi) is 6.45. The SMILES string of the molecule is CCCCOC(=O)c1ncc2cc(OC3CCCCC3)ccc2c1CO. The van der Waals surface area contributed by atoms with Gasteiger partial charge in [-0.2, -0.15) is 0 Å². The second-order valence-corrected chi connectivity index (χ2v) is 6.86. The average molecular weight is 357 g/mol. The molecule has 26 heavy (non-hydrogen) atoms. The lowest BCUT2D eigenvalue weighted by atomic mass is 9.97. The van der Waals surface area contributed by atoms with E-state index in [9.17, 15) is 9.90 Å². The number of esters is 1. The number of aliphatic hydroxyl groups excluding tert-OH is 1.